The number of hydrogen-bond acceptors (Lipinski definition) is 7. The lowest BCUT2D eigenvalue weighted by Crippen LogP contribution is -2.31. The number of hydrogen-bond donors (Lipinski definition) is 0. The van der Waals surface area contributed by atoms with Crippen molar-refractivity contribution in [1.82, 2.24) is 24.5 Å². The zero-order valence-electron chi connectivity index (χ0n) is 18.9. The third-order valence-electron chi connectivity index (χ3n) is 5.88. The molecule has 1 fully saturated rings. The fourth-order valence-electron chi connectivity index (χ4n) is 4.23. The van der Waals surface area contributed by atoms with Crippen LogP contribution in [-0.4, -0.2) is 43.7 Å². The number of nitriles is 1. The highest BCUT2D eigenvalue weighted by Crippen LogP contribution is 2.29. The normalized spacial score (nSPS) is 15.7. The number of rotatable bonds is 6. The van der Waals surface area contributed by atoms with Crippen LogP contribution >= 0.6 is 0 Å². The van der Waals surface area contributed by atoms with Gasteiger partial charge in [0.2, 0.25) is 5.88 Å². The number of ether oxygens (including phenoxy) is 1. The second kappa shape index (κ2) is 8.83. The molecule has 1 aliphatic rings. The fraction of sp³-hybridized carbons (Fsp3) is 0.435. The van der Waals surface area contributed by atoms with Crippen molar-refractivity contribution in [3.63, 3.8) is 0 Å². The molecule has 3 aromatic rings. The van der Waals surface area contributed by atoms with Gasteiger partial charge in [-0.05, 0) is 31.9 Å². The van der Waals surface area contributed by atoms with Gasteiger partial charge in [0, 0.05) is 50.1 Å². The van der Waals surface area contributed by atoms with Crippen LogP contribution in [0.4, 0.5) is 5.69 Å². The van der Waals surface area contributed by atoms with E-state index in [4.69, 9.17) is 4.74 Å². The summed E-state index contributed by atoms with van der Waals surface area (Å²) in [5.74, 6) is 0.550. The number of nitrogens with zero attached hydrogens (tertiary/aromatic N) is 7. The highest BCUT2D eigenvalue weighted by Gasteiger charge is 2.28. The van der Waals surface area contributed by atoms with Gasteiger partial charge < -0.3 is 9.64 Å². The van der Waals surface area contributed by atoms with Crippen LogP contribution in [0.25, 0.3) is 11.1 Å². The summed E-state index contributed by atoms with van der Waals surface area (Å²) in [7, 11) is 1.93. The van der Waals surface area contributed by atoms with E-state index in [-0.39, 0.29) is 17.2 Å². The predicted octanol–water partition coefficient (Wildman–Crippen LogP) is 2.60. The average Bonchev–Trinajstić information content (AvgIpc) is 3.33. The second-order valence-corrected chi connectivity index (χ2v) is 8.07. The molecule has 166 valence electrons. The molecule has 1 saturated heterocycles. The largest absolute Gasteiger partial charge is 0.472 e. The molecule has 9 nitrogen and oxygen atoms in total. The number of aromatic nitrogens is 5. The van der Waals surface area contributed by atoms with Gasteiger partial charge in [-0.15, -0.1) is 0 Å². The molecule has 4 rings (SSSR count). The first-order valence-electron chi connectivity index (χ1n) is 10.8. The smallest absolute Gasteiger partial charge is 0.286 e. The highest BCUT2D eigenvalue weighted by atomic mass is 16.5. The van der Waals surface area contributed by atoms with Crippen molar-refractivity contribution in [2.75, 3.05) is 18.0 Å². The topological polar surface area (TPSA) is 102 Å². The molecular formula is C23H27N7O2. The van der Waals surface area contributed by atoms with E-state index in [0.29, 0.717) is 31.2 Å². The molecular weight excluding hydrogens is 406 g/mol. The molecule has 0 radical (unpaired) electrons. The fourth-order valence-corrected chi connectivity index (χ4v) is 4.23. The highest BCUT2D eigenvalue weighted by molar-refractivity contribution is 5.69. The summed E-state index contributed by atoms with van der Waals surface area (Å²) in [6, 6.07) is 5.96. The van der Waals surface area contributed by atoms with Gasteiger partial charge in [0.25, 0.3) is 5.56 Å². The minimum absolute atomic E-state index is 0.0986. The van der Waals surface area contributed by atoms with Gasteiger partial charge >= 0.3 is 0 Å². The zero-order valence-corrected chi connectivity index (χ0v) is 18.9. The van der Waals surface area contributed by atoms with Gasteiger partial charge in [0.15, 0.2) is 0 Å². The Kier molecular flexibility index (Phi) is 5.95. The molecule has 0 aromatic carbocycles. The summed E-state index contributed by atoms with van der Waals surface area (Å²) in [6.45, 7) is 7.74. The standard InChI is InChI=1S/C23H27N7O2/c1-5-9-30-23(31)19(12-24)20(13-26-30)29-10-7-18(14-29)32-21-11-17(6-8-25-21)22-15(2)27-28(4)16(22)3/h6,8,11,13,18H,5,7,9-10,14H2,1-4H3/t18-/m1/s1. The van der Waals surface area contributed by atoms with Crippen molar-refractivity contribution in [3.05, 3.63) is 51.8 Å². The van der Waals surface area contributed by atoms with Gasteiger partial charge in [0.05, 0.1) is 24.1 Å². The summed E-state index contributed by atoms with van der Waals surface area (Å²) in [4.78, 5) is 19.0. The Morgan fingerprint density at radius 2 is 2.16 bits per heavy atom. The SMILES string of the molecule is CCCn1ncc(N2CC[C@@H](Oc3cc(-c4c(C)nn(C)c4C)ccn3)C2)c(C#N)c1=O. The van der Waals surface area contributed by atoms with E-state index in [1.807, 2.05) is 49.5 Å². The van der Waals surface area contributed by atoms with Crippen molar-refractivity contribution >= 4 is 5.69 Å². The molecule has 0 N–H and O–H groups in total. The van der Waals surface area contributed by atoms with Crippen molar-refractivity contribution in [1.29, 1.82) is 5.26 Å². The maximum atomic E-state index is 12.6. The van der Waals surface area contributed by atoms with E-state index >= 15 is 0 Å². The molecule has 3 aromatic heterocycles. The van der Waals surface area contributed by atoms with E-state index in [9.17, 15) is 10.1 Å². The van der Waals surface area contributed by atoms with Gasteiger partial charge in [-0.1, -0.05) is 6.92 Å². The second-order valence-electron chi connectivity index (χ2n) is 8.07. The van der Waals surface area contributed by atoms with Crippen LogP contribution in [-0.2, 0) is 13.6 Å². The van der Waals surface area contributed by atoms with E-state index in [2.05, 4.69) is 21.3 Å². The molecule has 0 aliphatic carbocycles. The monoisotopic (exact) mass is 433 g/mol. The minimum atomic E-state index is -0.340. The molecule has 0 unspecified atom stereocenters. The maximum Gasteiger partial charge on any atom is 0.286 e. The first-order chi connectivity index (χ1) is 15.4. The average molecular weight is 434 g/mol. The molecule has 1 aliphatic heterocycles. The zero-order chi connectivity index (χ0) is 22.8. The van der Waals surface area contributed by atoms with Crippen molar-refractivity contribution < 1.29 is 4.74 Å². The van der Waals surface area contributed by atoms with Crippen LogP contribution in [0.3, 0.4) is 0 Å². The van der Waals surface area contributed by atoms with Crippen molar-refractivity contribution in [3.8, 4) is 23.1 Å². The quantitative estimate of drug-likeness (QED) is 0.589. The number of anilines is 1. The molecule has 9 heteroatoms. The predicted molar refractivity (Wildman–Crippen MR) is 121 cm³/mol. The molecule has 1 atom stereocenters. The van der Waals surface area contributed by atoms with E-state index in [1.54, 1.807) is 12.4 Å². The summed E-state index contributed by atoms with van der Waals surface area (Å²) in [5, 5.41) is 18.3. The van der Waals surface area contributed by atoms with Gasteiger partial charge in [-0.25, -0.2) is 9.67 Å². The molecule has 0 spiro atoms. The maximum absolute atomic E-state index is 12.6. The van der Waals surface area contributed by atoms with Crippen LogP contribution < -0.4 is 15.2 Å². The van der Waals surface area contributed by atoms with Crippen LogP contribution in [0.5, 0.6) is 5.88 Å². The Bertz CT molecular complexity index is 1240. The first kappa shape index (κ1) is 21.6. The molecule has 32 heavy (non-hydrogen) atoms. The van der Waals surface area contributed by atoms with E-state index < -0.39 is 0 Å². The van der Waals surface area contributed by atoms with Crippen molar-refractivity contribution in [2.24, 2.45) is 7.05 Å². The Labute approximate surface area is 186 Å². The Hall–Kier alpha value is -3.67. The summed E-state index contributed by atoms with van der Waals surface area (Å²) < 4.78 is 9.40. The Balaban J connectivity index is 1.52. The van der Waals surface area contributed by atoms with E-state index in [0.717, 1.165) is 35.4 Å². The Morgan fingerprint density at radius 1 is 1.34 bits per heavy atom. The van der Waals surface area contributed by atoms with Crippen LogP contribution in [0.2, 0.25) is 0 Å². The molecule has 0 amide bonds. The number of pyridine rings is 1. The lowest BCUT2D eigenvalue weighted by Gasteiger charge is -2.20. The van der Waals surface area contributed by atoms with Crippen LogP contribution in [0.15, 0.2) is 29.3 Å². The Morgan fingerprint density at radius 3 is 2.84 bits per heavy atom. The van der Waals surface area contributed by atoms with Crippen LogP contribution in [0.1, 0.15) is 36.7 Å². The lowest BCUT2D eigenvalue weighted by atomic mass is 10.1. The van der Waals surface area contributed by atoms with Crippen LogP contribution in [0, 0.1) is 25.2 Å². The van der Waals surface area contributed by atoms with Gasteiger partial charge in [-0.2, -0.15) is 15.5 Å². The number of aryl methyl sites for hydroxylation is 3. The summed E-state index contributed by atoms with van der Waals surface area (Å²) >= 11 is 0. The van der Waals surface area contributed by atoms with Crippen molar-refractivity contribution in [2.45, 2.75) is 46.3 Å². The summed E-state index contributed by atoms with van der Waals surface area (Å²) in [5.41, 5.74) is 4.52. The summed E-state index contributed by atoms with van der Waals surface area (Å²) in [6.07, 6.45) is 4.80. The molecule has 4 heterocycles. The molecule has 0 saturated carbocycles. The third kappa shape index (κ3) is 3.96. The van der Waals surface area contributed by atoms with Gasteiger partial charge in [-0.3, -0.25) is 9.48 Å². The van der Waals surface area contributed by atoms with Gasteiger partial charge in [0.1, 0.15) is 17.7 Å². The minimum Gasteiger partial charge on any atom is -0.472 e. The van der Waals surface area contributed by atoms with E-state index in [1.165, 1.54) is 4.68 Å². The first-order valence-corrected chi connectivity index (χ1v) is 10.8. The lowest BCUT2D eigenvalue weighted by molar-refractivity contribution is 0.216. The third-order valence-corrected chi connectivity index (χ3v) is 5.88. The molecule has 0 bridgehead atoms.